The van der Waals surface area contributed by atoms with Crippen LogP contribution in [0.5, 0.6) is 0 Å². The summed E-state index contributed by atoms with van der Waals surface area (Å²) in [6.45, 7) is -0.592. The molecule has 4 aromatic heterocycles. The Morgan fingerprint density at radius 3 is 1.03 bits per heavy atom. The topological polar surface area (TPSA) is 19.4 Å². The van der Waals surface area contributed by atoms with E-state index in [-0.39, 0.29) is 13.4 Å². The summed E-state index contributed by atoms with van der Waals surface area (Å²) in [7, 11) is 0. The highest BCUT2D eigenvalue weighted by Gasteiger charge is 2.50. The van der Waals surface area contributed by atoms with Crippen molar-refractivity contribution in [1.82, 2.24) is 0 Å². The molecule has 4 aliphatic rings. The minimum atomic E-state index is -0.298. The van der Waals surface area contributed by atoms with Gasteiger partial charge in [0.1, 0.15) is 0 Å². The van der Waals surface area contributed by atoms with Gasteiger partial charge in [-0.2, -0.15) is 0 Å². The number of nitrogens with zero attached hydrogens (tertiary/aromatic N) is 6. The molecule has 0 fully saturated rings. The van der Waals surface area contributed by atoms with Gasteiger partial charge in [0.2, 0.25) is 0 Å². The minimum absolute atomic E-state index is 0.294. The van der Waals surface area contributed by atoms with Crippen LogP contribution < -0.4 is 62.2 Å². The van der Waals surface area contributed by atoms with Gasteiger partial charge in [0.15, 0.2) is 0 Å². The standard InChI is InChI=1S/C114H70B2N6S4/c1-6-33-71(34-7-1)78-47-28-48-79(72-35-8-2-9-36-72)113(78)118(74-39-12-4-13-40-74)77-67-97-111-99(68-77)121(92-55-31-63-106-109(92)83-45-18-26-60-103(83)124-106)89-52-22-20-50-85(89)115(111)87-69-88-96(70-95(87)119(97)75-41-14-5-15-42-75)122(93-56-32-64-107-110(93)84-46-19-27-61-104(84)125-107)100-66-76(117(73-37-10-3-11-38-73)94-57-29-49-81-80-43-16-24-58-101(80)126-114(81)94)65-98-112(100)116(88)86-51-21-23-53-90(86)120(98)91-54-30-62-105-108(91)82-44-17-25-59-102(82)123-105/h1-70H. The van der Waals surface area contributed by atoms with Gasteiger partial charge < -0.3 is 29.4 Å². The Kier molecular flexibility index (Phi) is 16.1. The van der Waals surface area contributed by atoms with Crippen molar-refractivity contribution in [3.05, 3.63) is 425 Å². The Hall–Kier alpha value is -15.0. The quantitative estimate of drug-likeness (QED) is 0.113. The fourth-order valence-corrected chi connectivity index (χ4v) is 26.0. The maximum absolute atomic E-state index is 2.73. The fourth-order valence-electron chi connectivity index (χ4n) is 21.5. The van der Waals surface area contributed by atoms with Crippen molar-refractivity contribution in [3.63, 3.8) is 0 Å². The summed E-state index contributed by atoms with van der Waals surface area (Å²) in [4.78, 5) is 15.9. The maximum atomic E-state index is 2.73. The van der Waals surface area contributed by atoms with E-state index in [2.05, 4.69) is 454 Å². The number of anilines is 18. The molecule has 0 unspecified atom stereocenters. The molecule has 0 aliphatic carbocycles. The summed E-state index contributed by atoms with van der Waals surface area (Å²) in [5.41, 5.74) is 31.6. The molecule has 126 heavy (non-hydrogen) atoms. The number of hydrogen-bond donors (Lipinski definition) is 0. The van der Waals surface area contributed by atoms with E-state index in [0.717, 1.165) is 125 Å². The highest BCUT2D eigenvalue weighted by Crippen LogP contribution is 2.58. The van der Waals surface area contributed by atoms with Crippen LogP contribution in [0.3, 0.4) is 0 Å². The number of fused-ring (bicyclic) bond motifs is 20. The molecule has 0 spiro atoms. The first-order chi connectivity index (χ1) is 62.6. The summed E-state index contributed by atoms with van der Waals surface area (Å²) in [5, 5.41) is 9.92. The third kappa shape index (κ3) is 10.7. The molecular weight excluding hydrogens is 1600 g/mol. The third-order valence-electron chi connectivity index (χ3n) is 26.5. The highest BCUT2D eigenvalue weighted by atomic mass is 32.1. The largest absolute Gasteiger partial charge is 0.311 e. The molecule has 0 saturated carbocycles. The van der Waals surface area contributed by atoms with E-state index in [4.69, 9.17) is 0 Å². The van der Waals surface area contributed by atoms with Crippen molar-refractivity contribution in [2.75, 3.05) is 29.4 Å². The highest BCUT2D eigenvalue weighted by molar-refractivity contribution is 7.27. The van der Waals surface area contributed by atoms with E-state index in [9.17, 15) is 0 Å². The van der Waals surface area contributed by atoms with Gasteiger partial charge in [-0.05, 0) is 189 Å². The van der Waals surface area contributed by atoms with Gasteiger partial charge in [-0.3, -0.25) is 0 Å². The molecule has 19 aromatic carbocycles. The van der Waals surface area contributed by atoms with E-state index in [1.54, 1.807) is 0 Å². The monoisotopic (exact) mass is 1670 g/mol. The number of thiophene rings is 4. The van der Waals surface area contributed by atoms with Crippen LogP contribution >= 0.6 is 45.3 Å². The second kappa shape index (κ2) is 28.3. The Labute approximate surface area is 744 Å². The normalized spacial score (nSPS) is 13.0. The lowest BCUT2D eigenvalue weighted by molar-refractivity contribution is 1.22. The predicted octanol–water partition coefficient (Wildman–Crippen LogP) is 29.6. The minimum Gasteiger partial charge on any atom is -0.311 e. The van der Waals surface area contributed by atoms with Crippen LogP contribution in [0, 0.1) is 0 Å². The molecule has 8 heterocycles. The smallest absolute Gasteiger partial charge is 0.252 e. The lowest BCUT2D eigenvalue weighted by atomic mass is 9.30. The molecule has 0 amide bonds. The van der Waals surface area contributed by atoms with Crippen molar-refractivity contribution in [3.8, 4) is 22.3 Å². The lowest BCUT2D eigenvalue weighted by Crippen LogP contribution is -2.65. The molecule has 23 aromatic rings. The molecule has 6 nitrogen and oxygen atoms in total. The first-order valence-corrected chi connectivity index (χ1v) is 46.4. The second-order valence-corrected chi connectivity index (χ2v) is 37.5. The molecule has 4 aliphatic heterocycles. The number of rotatable bonds is 12. The van der Waals surface area contributed by atoms with Crippen molar-refractivity contribution in [2.45, 2.75) is 0 Å². The average Bonchev–Trinajstić information content (AvgIpc) is 1.39. The molecule has 0 atom stereocenters. The van der Waals surface area contributed by atoms with E-state index < -0.39 is 0 Å². The van der Waals surface area contributed by atoms with Crippen LogP contribution in [-0.2, 0) is 0 Å². The summed E-state index contributed by atoms with van der Waals surface area (Å²) in [5.74, 6) is 0. The van der Waals surface area contributed by atoms with Crippen LogP contribution in [0.1, 0.15) is 0 Å². The number of hydrogen-bond acceptors (Lipinski definition) is 10. The lowest BCUT2D eigenvalue weighted by Gasteiger charge is -2.48. The molecule has 0 saturated heterocycles. The van der Waals surface area contributed by atoms with Crippen molar-refractivity contribution >= 4 is 275 Å². The molecular formula is C114H70B2N6S4. The molecule has 12 heteroatoms. The molecule has 27 rings (SSSR count). The van der Waals surface area contributed by atoms with Gasteiger partial charge >= 0.3 is 0 Å². The Bertz CT molecular complexity index is 8380. The number of benzene rings is 19. The first kappa shape index (κ1) is 71.6. The first-order valence-electron chi connectivity index (χ1n) is 43.1. The zero-order chi connectivity index (χ0) is 82.3. The fraction of sp³-hybridized carbons (Fsp3) is 0. The molecule has 0 bridgehead atoms. The predicted molar refractivity (Wildman–Crippen MR) is 546 cm³/mol. The second-order valence-electron chi connectivity index (χ2n) is 33.2. The van der Waals surface area contributed by atoms with E-state index in [1.165, 1.54) is 113 Å². The average molecular weight is 1670 g/mol. The van der Waals surface area contributed by atoms with Crippen molar-refractivity contribution in [2.24, 2.45) is 0 Å². The van der Waals surface area contributed by atoms with Crippen molar-refractivity contribution < 1.29 is 0 Å². The SMILES string of the molecule is c1ccc(-c2cccc(-c3ccccc3)c2N(c2ccccc2)c2cc3c4c(c2)N(c2cccc5sc6ccccc6c25)c2ccccc2B4c2cc4c(cc2N3c2ccccc2)N(c2cccc3sc5ccccc5c23)c2cc(N(c3ccccc3)c3cccc5c3sc3ccccc35)cc3c2B4c2ccccc2N3c2cccc3sc4ccccc4c23)cc1. The Morgan fingerprint density at radius 1 is 0.206 bits per heavy atom. The third-order valence-corrected chi connectivity index (χ3v) is 31.1. The van der Waals surface area contributed by atoms with Crippen molar-refractivity contribution in [1.29, 1.82) is 0 Å². The van der Waals surface area contributed by atoms with Gasteiger partial charge in [0.05, 0.1) is 44.5 Å². The van der Waals surface area contributed by atoms with E-state index in [1.807, 2.05) is 45.3 Å². The van der Waals surface area contributed by atoms with Crippen LogP contribution in [0.25, 0.3) is 103 Å². The van der Waals surface area contributed by atoms with Gasteiger partial charge in [-0.15, -0.1) is 45.3 Å². The van der Waals surface area contributed by atoms with E-state index in [0.29, 0.717) is 0 Å². The van der Waals surface area contributed by atoms with Crippen LogP contribution in [0.2, 0.25) is 0 Å². The zero-order valence-corrected chi connectivity index (χ0v) is 71.2. The van der Waals surface area contributed by atoms with E-state index >= 15 is 0 Å². The Balaban J connectivity index is 0.798. The summed E-state index contributed by atoms with van der Waals surface area (Å²) in [6.07, 6.45) is 0. The van der Waals surface area contributed by atoms with Crippen LogP contribution in [0.15, 0.2) is 425 Å². The van der Waals surface area contributed by atoms with Gasteiger partial charge in [0, 0.05) is 150 Å². The summed E-state index contributed by atoms with van der Waals surface area (Å²) < 4.78 is 9.98. The molecule has 586 valence electrons. The molecule has 0 radical (unpaired) electrons. The Morgan fingerprint density at radius 2 is 0.548 bits per heavy atom. The van der Waals surface area contributed by atoms with Crippen LogP contribution in [0.4, 0.5) is 102 Å². The maximum Gasteiger partial charge on any atom is 0.252 e. The van der Waals surface area contributed by atoms with Gasteiger partial charge in [0.25, 0.3) is 13.4 Å². The summed E-state index contributed by atoms with van der Waals surface area (Å²) >= 11 is 7.51. The van der Waals surface area contributed by atoms with Crippen LogP contribution in [-0.4, -0.2) is 13.4 Å². The summed E-state index contributed by atoms with van der Waals surface area (Å²) in [6, 6.07) is 161. The van der Waals surface area contributed by atoms with Gasteiger partial charge in [-0.1, -0.05) is 279 Å². The van der Waals surface area contributed by atoms with Gasteiger partial charge in [-0.25, -0.2) is 0 Å². The zero-order valence-electron chi connectivity index (χ0n) is 67.9. The number of para-hydroxylation sites is 6. The molecule has 0 N–H and O–H groups in total.